The molecule has 2 heterocycles. The average Bonchev–Trinajstić information content (AvgIpc) is 2.85. The molecule has 0 saturated heterocycles. The topological polar surface area (TPSA) is 57.0 Å². The molecule has 1 aromatic carbocycles. The smallest absolute Gasteiger partial charge is 0.206 e. The van der Waals surface area contributed by atoms with Crippen LogP contribution in [0.2, 0.25) is 0 Å². The molecule has 0 spiro atoms. The molecule has 0 bridgehead atoms. The first-order valence-electron chi connectivity index (χ1n) is 5.13. The molecule has 0 radical (unpaired) electrons. The number of nitrogens with zero attached hydrogens (tertiary/aromatic N) is 2. The monoisotopic (exact) mass is 291 g/mol. The summed E-state index contributed by atoms with van der Waals surface area (Å²) in [4.78, 5) is 0. The van der Waals surface area contributed by atoms with Gasteiger partial charge in [-0.2, -0.15) is 0 Å². The van der Waals surface area contributed by atoms with Crippen LogP contribution in [0.4, 0.5) is 5.69 Å². The second-order valence-electron chi connectivity index (χ2n) is 3.87. The summed E-state index contributed by atoms with van der Waals surface area (Å²) in [6.45, 7) is 0. The molecule has 0 saturated carbocycles. The lowest BCUT2D eigenvalue weighted by Gasteiger charge is -2.01. The van der Waals surface area contributed by atoms with E-state index < -0.39 is 0 Å². The molecule has 86 valence electrons. The third-order valence-corrected chi connectivity index (χ3v) is 3.56. The van der Waals surface area contributed by atoms with Gasteiger partial charge in [0.25, 0.3) is 0 Å². The number of nitrogen functional groups attached to an aromatic ring is 1. The molecule has 0 aliphatic heterocycles. The van der Waals surface area contributed by atoms with Gasteiger partial charge in [-0.1, -0.05) is 27.2 Å². The summed E-state index contributed by atoms with van der Waals surface area (Å²) in [6.07, 6.45) is 1.52. The minimum atomic E-state index is 0.548. The van der Waals surface area contributed by atoms with Gasteiger partial charge in [0.05, 0.1) is 11.9 Å². The third-order valence-electron chi connectivity index (χ3n) is 2.86. The Morgan fingerprint density at radius 3 is 2.88 bits per heavy atom. The second-order valence-corrected chi connectivity index (χ2v) is 4.73. The molecule has 3 rings (SSSR count). The maximum atomic E-state index is 5.82. The Morgan fingerprint density at radius 2 is 2.24 bits per heavy atom. The zero-order valence-corrected chi connectivity index (χ0v) is 10.7. The van der Waals surface area contributed by atoms with Gasteiger partial charge in [-0.25, -0.2) is 0 Å². The van der Waals surface area contributed by atoms with Gasteiger partial charge in [0.1, 0.15) is 5.69 Å². The van der Waals surface area contributed by atoms with Crippen molar-refractivity contribution in [2.45, 2.75) is 0 Å². The molecular formula is C12H10BrN3O. The fraction of sp³-hybridized carbons (Fsp3) is 0.0833. The normalized spacial score (nSPS) is 11.2. The van der Waals surface area contributed by atoms with Gasteiger partial charge in [0.2, 0.25) is 5.76 Å². The molecular weight excluding hydrogens is 282 g/mol. The van der Waals surface area contributed by atoms with E-state index in [0.717, 1.165) is 21.1 Å². The SMILES string of the molecule is Cn1c(-c2oncc2N)cc2c(Br)cccc21. The van der Waals surface area contributed by atoms with Crippen LogP contribution in [-0.4, -0.2) is 9.72 Å². The van der Waals surface area contributed by atoms with Gasteiger partial charge in [-0.3, -0.25) is 0 Å². The van der Waals surface area contributed by atoms with Gasteiger partial charge in [-0.05, 0) is 18.2 Å². The first-order chi connectivity index (χ1) is 8.18. The van der Waals surface area contributed by atoms with Crippen molar-refractivity contribution in [2.75, 3.05) is 5.73 Å². The summed E-state index contributed by atoms with van der Waals surface area (Å²) in [5.74, 6) is 0.607. The summed E-state index contributed by atoms with van der Waals surface area (Å²) in [6, 6.07) is 8.10. The number of hydrogen-bond acceptors (Lipinski definition) is 3. The molecule has 0 amide bonds. The highest BCUT2D eigenvalue weighted by molar-refractivity contribution is 9.10. The number of nitrogens with two attached hydrogens (primary N) is 1. The highest BCUT2D eigenvalue weighted by atomic mass is 79.9. The molecule has 17 heavy (non-hydrogen) atoms. The van der Waals surface area contributed by atoms with E-state index in [4.69, 9.17) is 10.3 Å². The highest BCUT2D eigenvalue weighted by Crippen LogP contribution is 2.33. The van der Waals surface area contributed by atoms with E-state index in [2.05, 4.69) is 27.2 Å². The van der Waals surface area contributed by atoms with Crippen LogP contribution >= 0.6 is 15.9 Å². The van der Waals surface area contributed by atoms with Crippen molar-refractivity contribution >= 4 is 32.5 Å². The van der Waals surface area contributed by atoms with Crippen molar-refractivity contribution in [2.24, 2.45) is 7.05 Å². The van der Waals surface area contributed by atoms with Gasteiger partial charge >= 0.3 is 0 Å². The number of hydrogen-bond donors (Lipinski definition) is 1. The van der Waals surface area contributed by atoms with Crippen molar-refractivity contribution in [1.82, 2.24) is 9.72 Å². The number of aromatic nitrogens is 2. The lowest BCUT2D eigenvalue weighted by Crippen LogP contribution is -1.92. The molecule has 2 N–H and O–H groups in total. The van der Waals surface area contributed by atoms with E-state index in [0.29, 0.717) is 11.4 Å². The van der Waals surface area contributed by atoms with Crippen LogP contribution < -0.4 is 5.73 Å². The van der Waals surface area contributed by atoms with E-state index in [9.17, 15) is 0 Å². The van der Waals surface area contributed by atoms with Crippen LogP contribution in [-0.2, 0) is 7.05 Å². The van der Waals surface area contributed by atoms with E-state index in [1.807, 2.05) is 29.8 Å². The van der Waals surface area contributed by atoms with E-state index in [-0.39, 0.29) is 0 Å². The standard InChI is InChI=1S/C12H10BrN3O/c1-16-10-4-2-3-8(13)7(10)5-11(16)12-9(14)6-15-17-12/h2-6H,14H2,1H3. The van der Waals surface area contributed by atoms with Crippen molar-refractivity contribution < 1.29 is 4.52 Å². The van der Waals surface area contributed by atoms with Gasteiger partial charge in [-0.15, -0.1) is 0 Å². The van der Waals surface area contributed by atoms with E-state index >= 15 is 0 Å². The zero-order chi connectivity index (χ0) is 12.0. The maximum absolute atomic E-state index is 5.82. The number of anilines is 1. The van der Waals surface area contributed by atoms with Crippen LogP contribution in [0.5, 0.6) is 0 Å². The van der Waals surface area contributed by atoms with Gasteiger partial charge in [0, 0.05) is 22.4 Å². The van der Waals surface area contributed by atoms with Crippen LogP contribution in [0.3, 0.4) is 0 Å². The van der Waals surface area contributed by atoms with Crippen LogP contribution in [0.1, 0.15) is 0 Å². The Hall–Kier alpha value is -1.75. The third kappa shape index (κ3) is 1.46. The zero-order valence-electron chi connectivity index (χ0n) is 9.14. The Balaban J connectivity index is 2.36. The number of halogens is 1. The largest absolute Gasteiger partial charge is 0.394 e. The Labute approximate surface area is 106 Å². The summed E-state index contributed by atoms with van der Waals surface area (Å²) in [5, 5.41) is 4.83. The Bertz CT molecular complexity index is 699. The average molecular weight is 292 g/mol. The molecule has 3 aromatic rings. The predicted molar refractivity (Wildman–Crippen MR) is 70.5 cm³/mol. The molecule has 0 unspecified atom stereocenters. The summed E-state index contributed by atoms with van der Waals surface area (Å²) >= 11 is 3.54. The molecule has 0 aliphatic rings. The minimum absolute atomic E-state index is 0.548. The fourth-order valence-electron chi connectivity index (χ4n) is 1.98. The van der Waals surface area contributed by atoms with Crippen molar-refractivity contribution in [1.29, 1.82) is 0 Å². The minimum Gasteiger partial charge on any atom is -0.394 e. The summed E-state index contributed by atoms with van der Waals surface area (Å²) in [5.41, 5.74) is 8.40. The molecule has 2 aromatic heterocycles. The second kappa shape index (κ2) is 3.63. The van der Waals surface area contributed by atoms with Gasteiger partial charge in [0.15, 0.2) is 0 Å². The van der Waals surface area contributed by atoms with Crippen LogP contribution in [0.15, 0.2) is 39.5 Å². The Morgan fingerprint density at radius 1 is 1.41 bits per heavy atom. The number of aryl methyl sites for hydroxylation is 1. The molecule has 5 heteroatoms. The first-order valence-corrected chi connectivity index (χ1v) is 5.92. The first kappa shape index (κ1) is 10.4. The number of fused-ring (bicyclic) bond motifs is 1. The summed E-state index contributed by atoms with van der Waals surface area (Å²) in [7, 11) is 1.98. The lowest BCUT2D eigenvalue weighted by molar-refractivity contribution is 0.430. The van der Waals surface area contributed by atoms with Crippen molar-refractivity contribution in [3.8, 4) is 11.5 Å². The van der Waals surface area contributed by atoms with Crippen molar-refractivity contribution in [3.05, 3.63) is 34.9 Å². The fourth-order valence-corrected chi connectivity index (χ4v) is 2.45. The number of benzene rings is 1. The van der Waals surface area contributed by atoms with Crippen LogP contribution in [0, 0.1) is 0 Å². The Kier molecular flexibility index (Phi) is 2.22. The molecule has 0 atom stereocenters. The quantitative estimate of drug-likeness (QED) is 0.749. The molecule has 4 nitrogen and oxygen atoms in total. The van der Waals surface area contributed by atoms with Gasteiger partial charge < -0.3 is 14.8 Å². The lowest BCUT2D eigenvalue weighted by atomic mass is 10.2. The molecule has 0 fully saturated rings. The summed E-state index contributed by atoms with van der Waals surface area (Å²) < 4.78 is 8.28. The number of rotatable bonds is 1. The van der Waals surface area contributed by atoms with Crippen LogP contribution in [0.25, 0.3) is 22.4 Å². The van der Waals surface area contributed by atoms with Crippen molar-refractivity contribution in [3.63, 3.8) is 0 Å². The predicted octanol–water partition coefficient (Wildman–Crippen LogP) is 3.18. The molecule has 0 aliphatic carbocycles. The van der Waals surface area contributed by atoms with E-state index in [1.165, 1.54) is 6.20 Å². The van der Waals surface area contributed by atoms with E-state index in [1.54, 1.807) is 0 Å². The highest BCUT2D eigenvalue weighted by Gasteiger charge is 2.15. The maximum Gasteiger partial charge on any atom is 0.206 e.